The summed E-state index contributed by atoms with van der Waals surface area (Å²) in [7, 11) is 0. The fourth-order valence-electron chi connectivity index (χ4n) is 1.45. The number of carbonyl (C=O) groups excluding carboxylic acids is 1. The van der Waals surface area contributed by atoms with E-state index in [9.17, 15) is 4.79 Å². The van der Waals surface area contributed by atoms with Crippen LogP contribution in [0.2, 0.25) is 0 Å². The number of benzene rings is 1. The molecule has 2 amide bonds. The number of urea groups is 1. The van der Waals surface area contributed by atoms with Crippen molar-refractivity contribution in [2.45, 2.75) is 20.4 Å². The third-order valence-corrected chi connectivity index (χ3v) is 3.53. The molecule has 0 saturated carbocycles. The number of hydrogen-bond acceptors (Lipinski definition) is 3. The van der Waals surface area contributed by atoms with Crippen LogP contribution in [0, 0.1) is 13.8 Å². The van der Waals surface area contributed by atoms with Gasteiger partial charge in [-0.2, -0.15) is 0 Å². The molecule has 4 nitrogen and oxygen atoms in total. The molecular formula is C13H15N3OS. The average Bonchev–Trinajstić information content (AvgIpc) is 2.67. The third-order valence-electron chi connectivity index (χ3n) is 2.54. The molecular weight excluding hydrogens is 246 g/mol. The van der Waals surface area contributed by atoms with Gasteiger partial charge in [-0.15, -0.1) is 11.3 Å². The number of carbonyl (C=O) groups is 1. The van der Waals surface area contributed by atoms with Crippen molar-refractivity contribution in [1.29, 1.82) is 0 Å². The highest BCUT2D eigenvalue weighted by Gasteiger charge is 2.07. The van der Waals surface area contributed by atoms with Crippen LogP contribution in [0.15, 0.2) is 30.3 Å². The Morgan fingerprint density at radius 1 is 1.28 bits per heavy atom. The third kappa shape index (κ3) is 3.30. The Hall–Kier alpha value is -1.88. The number of hydrogen-bond donors (Lipinski definition) is 2. The van der Waals surface area contributed by atoms with E-state index in [0.29, 0.717) is 11.7 Å². The molecule has 0 aliphatic rings. The Labute approximate surface area is 110 Å². The minimum absolute atomic E-state index is 0.229. The van der Waals surface area contributed by atoms with E-state index in [0.717, 1.165) is 16.1 Å². The summed E-state index contributed by atoms with van der Waals surface area (Å²) < 4.78 is 0. The molecule has 2 N–H and O–H groups in total. The minimum atomic E-state index is -0.229. The predicted molar refractivity (Wildman–Crippen MR) is 73.9 cm³/mol. The Balaban J connectivity index is 1.86. The molecule has 0 saturated heterocycles. The number of nitrogens with one attached hydrogen (secondary N) is 2. The summed E-state index contributed by atoms with van der Waals surface area (Å²) in [6, 6.07) is 9.55. The zero-order chi connectivity index (χ0) is 13.0. The predicted octanol–water partition coefficient (Wildman–Crippen LogP) is 3.08. The molecule has 0 atom stereocenters. The minimum Gasteiger partial charge on any atom is -0.334 e. The van der Waals surface area contributed by atoms with Crippen molar-refractivity contribution in [2.24, 2.45) is 0 Å². The van der Waals surface area contributed by atoms with Crippen LogP contribution < -0.4 is 10.6 Å². The number of thiazole rings is 1. The van der Waals surface area contributed by atoms with Crippen molar-refractivity contribution in [2.75, 3.05) is 5.32 Å². The second-order valence-corrected chi connectivity index (χ2v) is 5.16. The summed E-state index contributed by atoms with van der Waals surface area (Å²) in [5.74, 6) is 0. The number of rotatable bonds is 3. The summed E-state index contributed by atoms with van der Waals surface area (Å²) >= 11 is 1.48. The molecule has 1 aromatic carbocycles. The first kappa shape index (κ1) is 12.6. The molecule has 5 heteroatoms. The second-order valence-electron chi connectivity index (χ2n) is 3.95. The van der Waals surface area contributed by atoms with Crippen LogP contribution in [0.5, 0.6) is 0 Å². The van der Waals surface area contributed by atoms with Crippen LogP contribution in [0.25, 0.3) is 0 Å². The number of amides is 2. The monoisotopic (exact) mass is 261 g/mol. The van der Waals surface area contributed by atoms with E-state index in [2.05, 4.69) is 15.6 Å². The summed E-state index contributed by atoms with van der Waals surface area (Å²) in [4.78, 5) is 17.0. The fourth-order valence-corrected chi connectivity index (χ4v) is 2.26. The maximum atomic E-state index is 11.7. The molecule has 0 bridgehead atoms. The highest BCUT2D eigenvalue weighted by molar-refractivity contribution is 7.15. The summed E-state index contributed by atoms with van der Waals surface area (Å²) in [5.41, 5.74) is 2.03. The molecule has 0 unspecified atom stereocenters. The van der Waals surface area contributed by atoms with E-state index >= 15 is 0 Å². The number of anilines is 1. The smallest absolute Gasteiger partial charge is 0.321 e. The van der Waals surface area contributed by atoms with E-state index in [4.69, 9.17) is 0 Å². The number of aromatic nitrogens is 1. The van der Waals surface area contributed by atoms with Crippen molar-refractivity contribution in [3.05, 3.63) is 46.5 Å². The molecule has 0 fully saturated rings. The molecule has 2 rings (SSSR count). The Morgan fingerprint density at radius 3 is 2.61 bits per heavy atom. The summed E-state index contributed by atoms with van der Waals surface area (Å²) in [6.07, 6.45) is 0. The van der Waals surface area contributed by atoms with Crippen LogP contribution in [0.4, 0.5) is 9.93 Å². The van der Waals surface area contributed by atoms with Gasteiger partial charge in [0.25, 0.3) is 0 Å². The largest absolute Gasteiger partial charge is 0.334 e. The molecule has 1 heterocycles. The second kappa shape index (κ2) is 5.64. The molecule has 94 valence electrons. The standard InChI is InChI=1S/C13H15N3OS/c1-9-10(2)18-13(15-9)16-12(17)14-8-11-6-4-3-5-7-11/h3-7H,8H2,1-2H3,(H2,14,15,16,17). The van der Waals surface area contributed by atoms with Gasteiger partial charge in [0, 0.05) is 11.4 Å². The van der Waals surface area contributed by atoms with Crippen molar-refractivity contribution in [3.63, 3.8) is 0 Å². The van der Waals surface area contributed by atoms with E-state index < -0.39 is 0 Å². The van der Waals surface area contributed by atoms with Gasteiger partial charge in [0.05, 0.1) is 5.69 Å². The Morgan fingerprint density at radius 2 is 2.00 bits per heavy atom. The SMILES string of the molecule is Cc1nc(NC(=O)NCc2ccccc2)sc1C. The molecule has 0 aliphatic heterocycles. The lowest BCUT2D eigenvalue weighted by atomic mass is 10.2. The van der Waals surface area contributed by atoms with Gasteiger partial charge in [0.15, 0.2) is 5.13 Å². The topological polar surface area (TPSA) is 54.0 Å². The molecule has 0 spiro atoms. The van der Waals surface area contributed by atoms with Gasteiger partial charge in [0.2, 0.25) is 0 Å². The van der Waals surface area contributed by atoms with Crippen LogP contribution in [-0.2, 0) is 6.54 Å². The van der Waals surface area contributed by atoms with Crippen LogP contribution in [-0.4, -0.2) is 11.0 Å². The van der Waals surface area contributed by atoms with Gasteiger partial charge >= 0.3 is 6.03 Å². The van der Waals surface area contributed by atoms with Crippen LogP contribution in [0.3, 0.4) is 0 Å². The Kier molecular flexibility index (Phi) is 3.94. The van der Waals surface area contributed by atoms with Gasteiger partial charge in [-0.25, -0.2) is 9.78 Å². The fraction of sp³-hybridized carbons (Fsp3) is 0.231. The first-order valence-electron chi connectivity index (χ1n) is 5.68. The van der Waals surface area contributed by atoms with Crippen molar-refractivity contribution >= 4 is 22.5 Å². The van der Waals surface area contributed by atoms with Crippen molar-refractivity contribution < 1.29 is 4.79 Å². The van der Waals surface area contributed by atoms with E-state index in [-0.39, 0.29) is 6.03 Å². The summed E-state index contributed by atoms with van der Waals surface area (Å²) in [6.45, 7) is 4.43. The van der Waals surface area contributed by atoms with Gasteiger partial charge in [-0.05, 0) is 19.4 Å². The average molecular weight is 261 g/mol. The van der Waals surface area contributed by atoms with Gasteiger partial charge < -0.3 is 5.32 Å². The molecule has 2 aromatic rings. The van der Waals surface area contributed by atoms with Gasteiger partial charge in [0.1, 0.15) is 0 Å². The maximum absolute atomic E-state index is 11.7. The normalized spacial score (nSPS) is 10.1. The Bertz CT molecular complexity index is 517. The number of aryl methyl sites for hydroxylation is 2. The molecule has 0 radical (unpaired) electrons. The molecule has 0 aliphatic carbocycles. The van der Waals surface area contributed by atoms with E-state index in [1.54, 1.807) is 0 Å². The van der Waals surface area contributed by atoms with Gasteiger partial charge in [-0.1, -0.05) is 30.3 Å². The van der Waals surface area contributed by atoms with Crippen LogP contribution >= 0.6 is 11.3 Å². The van der Waals surface area contributed by atoms with Gasteiger partial charge in [-0.3, -0.25) is 5.32 Å². The zero-order valence-corrected chi connectivity index (χ0v) is 11.2. The highest BCUT2D eigenvalue weighted by Crippen LogP contribution is 2.20. The van der Waals surface area contributed by atoms with E-state index in [1.165, 1.54) is 11.3 Å². The maximum Gasteiger partial charge on any atom is 0.321 e. The first-order valence-corrected chi connectivity index (χ1v) is 6.49. The lowest BCUT2D eigenvalue weighted by Crippen LogP contribution is -2.28. The van der Waals surface area contributed by atoms with Crippen molar-refractivity contribution in [1.82, 2.24) is 10.3 Å². The number of nitrogens with zero attached hydrogens (tertiary/aromatic N) is 1. The highest BCUT2D eigenvalue weighted by atomic mass is 32.1. The molecule has 1 aromatic heterocycles. The first-order chi connectivity index (χ1) is 8.65. The lowest BCUT2D eigenvalue weighted by molar-refractivity contribution is 0.251. The summed E-state index contributed by atoms with van der Waals surface area (Å²) in [5, 5.41) is 6.16. The van der Waals surface area contributed by atoms with Crippen LogP contribution in [0.1, 0.15) is 16.1 Å². The quantitative estimate of drug-likeness (QED) is 0.892. The molecule has 18 heavy (non-hydrogen) atoms. The van der Waals surface area contributed by atoms with E-state index in [1.807, 2.05) is 44.2 Å². The lowest BCUT2D eigenvalue weighted by Gasteiger charge is -2.05. The van der Waals surface area contributed by atoms with Crippen molar-refractivity contribution in [3.8, 4) is 0 Å². The zero-order valence-electron chi connectivity index (χ0n) is 10.4.